The van der Waals surface area contributed by atoms with E-state index >= 15 is 0 Å². The molecule has 1 nitrogen and oxygen atoms in total. The van der Waals surface area contributed by atoms with Gasteiger partial charge in [-0.1, -0.05) is 39.1 Å². The maximum absolute atomic E-state index is 5.20. The van der Waals surface area contributed by atoms with Crippen LogP contribution in [0.3, 0.4) is 0 Å². The van der Waals surface area contributed by atoms with E-state index in [1.54, 1.807) is 0 Å². The summed E-state index contributed by atoms with van der Waals surface area (Å²) in [4.78, 5) is 3.27. The number of thiocarbonyl (C=S) groups is 1. The highest BCUT2D eigenvalue weighted by Crippen LogP contribution is 2.18. The van der Waals surface area contributed by atoms with Crippen LogP contribution in [-0.4, -0.2) is 16.4 Å². The first kappa shape index (κ1) is 9.72. The summed E-state index contributed by atoms with van der Waals surface area (Å²) in [6.45, 7) is 7.69. The highest BCUT2D eigenvalue weighted by molar-refractivity contribution is 7.80. The molecule has 0 aromatic heterocycles. The zero-order valence-electron chi connectivity index (χ0n) is 8.13. The number of rotatable bonds is 1. The van der Waals surface area contributed by atoms with Crippen LogP contribution in [0.1, 0.15) is 33.6 Å². The van der Waals surface area contributed by atoms with Gasteiger partial charge in [0.1, 0.15) is 0 Å². The van der Waals surface area contributed by atoms with Crippen LogP contribution in [0, 0.1) is 5.41 Å². The van der Waals surface area contributed by atoms with Crippen molar-refractivity contribution in [2.75, 3.05) is 6.54 Å². The average Bonchev–Trinajstić information content (AvgIpc) is 2.29. The fourth-order valence-corrected chi connectivity index (χ4v) is 1.44. The maximum atomic E-state index is 5.20. The van der Waals surface area contributed by atoms with Gasteiger partial charge in [-0.25, -0.2) is 0 Å². The van der Waals surface area contributed by atoms with E-state index in [0.717, 1.165) is 18.0 Å². The Bertz CT molecular complexity index is 200. The minimum Gasteiger partial charge on any atom is -0.343 e. The van der Waals surface area contributed by atoms with Crippen molar-refractivity contribution in [3.05, 3.63) is 12.3 Å². The second-order valence-electron chi connectivity index (χ2n) is 4.37. The van der Waals surface area contributed by atoms with Crippen LogP contribution in [0.5, 0.6) is 0 Å². The largest absolute Gasteiger partial charge is 0.343 e. The lowest BCUT2D eigenvalue weighted by Crippen LogP contribution is -2.16. The zero-order valence-corrected chi connectivity index (χ0v) is 8.95. The molecule has 1 saturated heterocycles. The van der Waals surface area contributed by atoms with Gasteiger partial charge in [-0.3, -0.25) is 0 Å². The molecule has 0 saturated carbocycles. The van der Waals surface area contributed by atoms with Gasteiger partial charge in [0.15, 0.2) is 0 Å². The molecular weight excluding hydrogens is 166 g/mol. The molecule has 1 fully saturated rings. The van der Waals surface area contributed by atoms with Crippen LogP contribution in [0.25, 0.3) is 0 Å². The van der Waals surface area contributed by atoms with Gasteiger partial charge >= 0.3 is 0 Å². The maximum Gasteiger partial charge on any atom is 0.0819 e. The summed E-state index contributed by atoms with van der Waals surface area (Å²) < 4.78 is 0. The quantitative estimate of drug-likeness (QED) is 0.575. The van der Waals surface area contributed by atoms with Crippen LogP contribution < -0.4 is 0 Å². The molecule has 0 radical (unpaired) electrons. The van der Waals surface area contributed by atoms with Crippen molar-refractivity contribution in [3.8, 4) is 0 Å². The van der Waals surface area contributed by atoms with Gasteiger partial charge in [0.25, 0.3) is 0 Å². The van der Waals surface area contributed by atoms with E-state index in [1.807, 2.05) is 0 Å². The predicted molar refractivity (Wildman–Crippen MR) is 57.1 cm³/mol. The van der Waals surface area contributed by atoms with Crippen LogP contribution in [0.4, 0.5) is 0 Å². The monoisotopic (exact) mass is 183 g/mol. The normalized spacial score (nSPS) is 19.6. The summed E-state index contributed by atoms with van der Waals surface area (Å²) in [5.74, 6) is 0. The fraction of sp³-hybridized carbons (Fsp3) is 0.700. The lowest BCUT2D eigenvalue weighted by atomic mass is 9.97. The lowest BCUT2D eigenvalue weighted by molar-refractivity contribution is 0.522. The predicted octanol–water partition coefficient (Wildman–Crippen LogP) is 2.97. The second kappa shape index (κ2) is 3.56. The Balaban J connectivity index is 2.51. The first-order valence-electron chi connectivity index (χ1n) is 4.48. The Morgan fingerprint density at radius 1 is 1.42 bits per heavy atom. The lowest BCUT2D eigenvalue weighted by Gasteiger charge is -2.16. The van der Waals surface area contributed by atoms with Crippen molar-refractivity contribution in [1.82, 2.24) is 4.90 Å². The summed E-state index contributed by atoms with van der Waals surface area (Å²) in [5, 5.41) is 0. The van der Waals surface area contributed by atoms with Crippen LogP contribution in [-0.2, 0) is 0 Å². The molecule has 0 atom stereocenters. The topological polar surface area (TPSA) is 3.24 Å². The van der Waals surface area contributed by atoms with Crippen molar-refractivity contribution >= 4 is 17.2 Å². The molecule has 1 rings (SSSR count). The van der Waals surface area contributed by atoms with Crippen LogP contribution in [0.15, 0.2) is 12.3 Å². The molecule has 0 spiro atoms. The van der Waals surface area contributed by atoms with Crippen LogP contribution in [0.2, 0.25) is 0 Å². The number of hydrogen-bond acceptors (Lipinski definition) is 1. The van der Waals surface area contributed by atoms with Crippen molar-refractivity contribution in [3.63, 3.8) is 0 Å². The molecule has 0 bridgehead atoms. The van der Waals surface area contributed by atoms with E-state index in [0.29, 0.717) is 0 Å². The summed E-state index contributed by atoms with van der Waals surface area (Å²) in [6, 6.07) is 0. The minimum absolute atomic E-state index is 0.262. The molecule has 0 unspecified atom stereocenters. The average molecular weight is 183 g/mol. The first-order valence-corrected chi connectivity index (χ1v) is 4.89. The molecule has 68 valence electrons. The van der Waals surface area contributed by atoms with Gasteiger partial charge in [0.05, 0.1) is 4.99 Å². The Morgan fingerprint density at radius 2 is 2.08 bits per heavy atom. The minimum atomic E-state index is 0.262. The highest BCUT2D eigenvalue weighted by atomic mass is 32.1. The number of nitrogens with zero attached hydrogens (tertiary/aromatic N) is 1. The van der Waals surface area contributed by atoms with Crippen molar-refractivity contribution in [2.24, 2.45) is 5.41 Å². The van der Waals surface area contributed by atoms with Gasteiger partial charge in [-0.2, -0.15) is 0 Å². The molecular formula is C10H17NS. The molecule has 12 heavy (non-hydrogen) atoms. The molecule has 2 heteroatoms. The molecule has 1 aliphatic heterocycles. The standard InChI is InChI=1S/C10H17NS/c1-10(2,3)6-8-11-7-4-5-9(11)12/h6,8H,4-5,7H2,1-3H3/b8-6+. The Kier molecular flexibility index (Phi) is 2.89. The van der Waals surface area contributed by atoms with Crippen molar-refractivity contribution < 1.29 is 0 Å². The first-order chi connectivity index (χ1) is 5.49. The molecule has 0 amide bonds. The molecule has 0 N–H and O–H groups in total. The smallest absolute Gasteiger partial charge is 0.0819 e. The zero-order chi connectivity index (χ0) is 9.19. The van der Waals surface area contributed by atoms with Crippen molar-refractivity contribution in [1.29, 1.82) is 0 Å². The Labute approximate surface area is 80.4 Å². The van der Waals surface area contributed by atoms with E-state index in [-0.39, 0.29) is 5.41 Å². The van der Waals surface area contributed by atoms with Gasteiger partial charge in [-0.05, 0) is 18.3 Å². The number of hydrogen-bond donors (Lipinski definition) is 0. The Hall–Kier alpha value is -0.370. The van der Waals surface area contributed by atoms with E-state index in [2.05, 4.69) is 37.9 Å². The number of likely N-dealkylation sites (tertiary alicyclic amines) is 1. The third-order valence-corrected chi connectivity index (χ3v) is 2.30. The van der Waals surface area contributed by atoms with Crippen LogP contribution >= 0.6 is 12.2 Å². The molecule has 0 aliphatic carbocycles. The second-order valence-corrected chi connectivity index (χ2v) is 4.84. The third-order valence-electron chi connectivity index (χ3n) is 1.86. The molecule has 0 aromatic rings. The summed E-state index contributed by atoms with van der Waals surface area (Å²) >= 11 is 5.20. The van der Waals surface area contributed by atoms with E-state index < -0.39 is 0 Å². The van der Waals surface area contributed by atoms with E-state index in [4.69, 9.17) is 12.2 Å². The van der Waals surface area contributed by atoms with Gasteiger partial charge in [0.2, 0.25) is 0 Å². The molecule has 1 aliphatic rings. The van der Waals surface area contributed by atoms with Crippen molar-refractivity contribution in [2.45, 2.75) is 33.6 Å². The van der Waals surface area contributed by atoms with Gasteiger partial charge in [-0.15, -0.1) is 0 Å². The highest BCUT2D eigenvalue weighted by Gasteiger charge is 2.14. The van der Waals surface area contributed by atoms with Gasteiger partial charge < -0.3 is 4.90 Å². The summed E-state index contributed by atoms with van der Waals surface area (Å²) in [7, 11) is 0. The summed E-state index contributed by atoms with van der Waals surface area (Å²) in [5.41, 5.74) is 0.262. The van der Waals surface area contributed by atoms with E-state index in [9.17, 15) is 0 Å². The number of allylic oxidation sites excluding steroid dienone is 1. The fourth-order valence-electron chi connectivity index (χ4n) is 1.14. The summed E-state index contributed by atoms with van der Waals surface area (Å²) in [6.07, 6.45) is 6.65. The molecule has 1 heterocycles. The molecule has 0 aromatic carbocycles. The third kappa shape index (κ3) is 2.94. The van der Waals surface area contributed by atoms with Gasteiger partial charge in [0, 0.05) is 12.7 Å². The SMILES string of the molecule is CC(C)(C)/C=C/N1CCCC1=S. The Morgan fingerprint density at radius 3 is 2.50 bits per heavy atom. The van der Waals surface area contributed by atoms with E-state index in [1.165, 1.54) is 6.42 Å².